The Morgan fingerprint density at radius 1 is 1.70 bits per heavy atom. The molecule has 0 unspecified atom stereocenters. The topological polar surface area (TPSA) is 32.3 Å². The van der Waals surface area contributed by atoms with E-state index in [-0.39, 0.29) is 0 Å². The molecule has 2 aliphatic rings. The highest BCUT2D eigenvalue weighted by Crippen LogP contribution is 2.21. The van der Waals surface area contributed by atoms with Crippen LogP contribution in [-0.2, 0) is 4.79 Å². The SMILES string of the molecule is O=C[B]N1C[C@@H]2C[C@H]1CN2. The van der Waals surface area contributed by atoms with Crippen molar-refractivity contribution in [2.75, 3.05) is 13.1 Å². The van der Waals surface area contributed by atoms with Gasteiger partial charge in [0.05, 0.1) is 6.19 Å². The van der Waals surface area contributed by atoms with Gasteiger partial charge in [-0.3, -0.25) is 0 Å². The van der Waals surface area contributed by atoms with E-state index in [1.54, 1.807) is 7.41 Å². The van der Waals surface area contributed by atoms with Gasteiger partial charge in [-0.2, -0.15) is 0 Å². The first kappa shape index (κ1) is 6.37. The zero-order valence-corrected chi connectivity index (χ0v) is 5.79. The number of piperazine rings is 1. The minimum Gasteiger partial charge on any atom is -0.335 e. The van der Waals surface area contributed by atoms with Gasteiger partial charge < -0.3 is 14.9 Å². The third kappa shape index (κ3) is 0.878. The van der Waals surface area contributed by atoms with Gasteiger partial charge in [0.1, 0.15) is 0 Å². The van der Waals surface area contributed by atoms with E-state index in [2.05, 4.69) is 10.1 Å². The van der Waals surface area contributed by atoms with Crippen molar-refractivity contribution < 1.29 is 4.79 Å². The number of carbonyl (C=O) groups excluding carboxylic acids is 1. The highest BCUT2D eigenvalue weighted by Gasteiger charge is 2.36. The molecule has 0 amide bonds. The molecule has 2 aliphatic heterocycles. The molecule has 0 aromatic rings. The number of carbonyl (C=O) groups is 1. The van der Waals surface area contributed by atoms with Crippen LogP contribution in [0.5, 0.6) is 0 Å². The van der Waals surface area contributed by atoms with E-state index < -0.39 is 0 Å². The normalized spacial score (nSPS) is 38.4. The zero-order valence-electron chi connectivity index (χ0n) is 5.79. The molecule has 0 spiro atoms. The van der Waals surface area contributed by atoms with Gasteiger partial charge in [0, 0.05) is 25.2 Å². The molecule has 2 fully saturated rings. The fraction of sp³-hybridized carbons (Fsp3) is 0.833. The Labute approximate surface area is 61.0 Å². The monoisotopic (exact) mass is 137 g/mol. The Morgan fingerprint density at radius 2 is 2.60 bits per heavy atom. The van der Waals surface area contributed by atoms with E-state index in [0.717, 1.165) is 19.3 Å². The summed E-state index contributed by atoms with van der Waals surface area (Å²) in [5.74, 6) is 0. The smallest absolute Gasteiger partial charge is 0.293 e. The fourth-order valence-electron chi connectivity index (χ4n) is 1.85. The second kappa shape index (κ2) is 2.36. The van der Waals surface area contributed by atoms with Crippen molar-refractivity contribution in [3.8, 4) is 0 Å². The lowest BCUT2D eigenvalue weighted by atomic mass is 9.93. The first-order valence-electron chi connectivity index (χ1n) is 3.68. The minimum atomic E-state index is 0.593. The summed E-state index contributed by atoms with van der Waals surface area (Å²) >= 11 is 0. The third-order valence-electron chi connectivity index (χ3n) is 2.35. The first-order valence-corrected chi connectivity index (χ1v) is 3.68. The maximum atomic E-state index is 10.1. The summed E-state index contributed by atoms with van der Waals surface area (Å²) in [4.78, 5) is 12.3. The average molecular weight is 137 g/mol. The summed E-state index contributed by atoms with van der Waals surface area (Å²) in [6.07, 6.45) is 2.09. The first-order chi connectivity index (χ1) is 4.90. The van der Waals surface area contributed by atoms with Crippen LogP contribution >= 0.6 is 0 Å². The molecule has 2 atom stereocenters. The predicted octanol–water partition coefficient (Wildman–Crippen LogP) is -1.16. The predicted molar refractivity (Wildman–Crippen MR) is 39.4 cm³/mol. The summed E-state index contributed by atoms with van der Waals surface area (Å²) in [6, 6.07) is 1.23. The average Bonchev–Trinajstić information content (AvgIpc) is 2.48. The number of nitrogens with zero attached hydrogens (tertiary/aromatic N) is 1. The van der Waals surface area contributed by atoms with Crippen LogP contribution in [0, 0.1) is 0 Å². The molecule has 0 saturated carbocycles. The van der Waals surface area contributed by atoms with Gasteiger partial charge in [0.2, 0.25) is 0 Å². The molecule has 0 aromatic carbocycles. The lowest BCUT2D eigenvalue weighted by Gasteiger charge is -2.24. The Morgan fingerprint density at radius 3 is 3.10 bits per heavy atom. The standard InChI is InChI=1S/C6H10BN2O/c10-4-7-9-3-5-1-6(9)2-8-5/h4-6,8H,1-3H2/t5-,6-/m0/s1. The Bertz CT molecular complexity index is 153. The van der Waals surface area contributed by atoms with Crippen LogP contribution in [0.25, 0.3) is 0 Å². The van der Waals surface area contributed by atoms with E-state index >= 15 is 0 Å². The lowest BCUT2D eigenvalue weighted by Crippen LogP contribution is -2.45. The van der Waals surface area contributed by atoms with Crippen LogP contribution in [0.1, 0.15) is 6.42 Å². The molecule has 1 N–H and O–H groups in total. The molecule has 1 radical (unpaired) electrons. The van der Waals surface area contributed by atoms with Crippen LogP contribution < -0.4 is 5.32 Å². The minimum absolute atomic E-state index is 0.593. The van der Waals surface area contributed by atoms with Crippen LogP contribution in [0.15, 0.2) is 0 Å². The molecule has 2 saturated heterocycles. The number of hydrogen-bond acceptors (Lipinski definition) is 3. The molecule has 0 aliphatic carbocycles. The summed E-state index contributed by atoms with van der Waals surface area (Å²) in [5.41, 5.74) is 0. The van der Waals surface area contributed by atoms with Crippen molar-refractivity contribution in [3.63, 3.8) is 0 Å². The summed E-state index contributed by atoms with van der Waals surface area (Å²) in [6.45, 7) is 2.07. The molecule has 4 heteroatoms. The molecular formula is C6H10BN2O. The van der Waals surface area contributed by atoms with E-state index in [9.17, 15) is 4.79 Å². The number of nitrogens with one attached hydrogen (secondary N) is 1. The molecule has 10 heavy (non-hydrogen) atoms. The van der Waals surface area contributed by atoms with Crippen molar-refractivity contribution in [2.45, 2.75) is 18.5 Å². The van der Waals surface area contributed by atoms with Crippen LogP contribution in [0.2, 0.25) is 0 Å². The van der Waals surface area contributed by atoms with Gasteiger partial charge >= 0.3 is 0 Å². The van der Waals surface area contributed by atoms with Crippen molar-refractivity contribution >= 4 is 13.6 Å². The quantitative estimate of drug-likeness (QED) is 0.385. The molecule has 2 rings (SSSR count). The zero-order chi connectivity index (χ0) is 6.97. The lowest BCUT2D eigenvalue weighted by molar-refractivity contribution is 0.366. The van der Waals surface area contributed by atoms with E-state index in [1.165, 1.54) is 6.42 Å². The maximum Gasteiger partial charge on any atom is 0.293 e. The fourth-order valence-corrected chi connectivity index (χ4v) is 1.85. The van der Waals surface area contributed by atoms with E-state index in [1.807, 2.05) is 0 Å². The van der Waals surface area contributed by atoms with Gasteiger partial charge in [-0.05, 0) is 6.42 Å². The second-order valence-electron chi connectivity index (χ2n) is 2.98. The molecular weight excluding hydrogens is 127 g/mol. The van der Waals surface area contributed by atoms with Crippen molar-refractivity contribution in [1.29, 1.82) is 0 Å². The van der Waals surface area contributed by atoms with Crippen molar-refractivity contribution in [3.05, 3.63) is 0 Å². The van der Waals surface area contributed by atoms with Crippen molar-refractivity contribution in [1.82, 2.24) is 10.1 Å². The van der Waals surface area contributed by atoms with Gasteiger partial charge in [0.25, 0.3) is 7.41 Å². The molecule has 53 valence electrons. The van der Waals surface area contributed by atoms with Crippen LogP contribution in [-0.4, -0.2) is 43.6 Å². The summed E-state index contributed by atoms with van der Waals surface area (Å²) in [7, 11) is 1.66. The Kier molecular flexibility index (Phi) is 1.50. The maximum absolute atomic E-state index is 10.1. The van der Waals surface area contributed by atoms with Gasteiger partial charge in [-0.25, -0.2) is 0 Å². The molecule has 3 nitrogen and oxygen atoms in total. The van der Waals surface area contributed by atoms with Gasteiger partial charge in [-0.1, -0.05) is 0 Å². The van der Waals surface area contributed by atoms with Gasteiger partial charge in [-0.15, -0.1) is 0 Å². The largest absolute Gasteiger partial charge is 0.335 e. The van der Waals surface area contributed by atoms with Crippen molar-refractivity contribution in [2.24, 2.45) is 0 Å². The molecule has 2 bridgehead atoms. The number of hydrogen-bond donors (Lipinski definition) is 1. The highest BCUT2D eigenvalue weighted by molar-refractivity contribution is 6.64. The van der Waals surface area contributed by atoms with Gasteiger partial charge in [0.15, 0.2) is 0 Å². The highest BCUT2D eigenvalue weighted by atomic mass is 16.1. The summed E-state index contributed by atoms with van der Waals surface area (Å²) in [5, 5.41) is 3.37. The van der Waals surface area contributed by atoms with Crippen LogP contribution in [0.4, 0.5) is 0 Å². The van der Waals surface area contributed by atoms with Crippen LogP contribution in [0.3, 0.4) is 0 Å². The third-order valence-corrected chi connectivity index (χ3v) is 2.35. The number of rotatable bonds is 2. The Hall–Kier alpha value is -0.345. The van der Waals surface area contributed by atoms with E-state index in [0.29, 0.717) is 12.1 Å². The molecule has 2 heterocycles. The molecule has 0 aromatic heterocycles. The van der Waals surface area contributed by atoms with E-state index in [4.69, 9.17) is 0 Å². The number of fused-ring (bicyclic) bond motifs is 2. The Balaban J connectivity index is 1.95. The second-order valence-corrected chi connectivity index (χ2v) is 2.98. The summed E-state index contributed by atoms with van der Waals surface area (Å²) < 4.78 is 0.